The Bertz CT molecular complexity index is 824. The number of carbonyl (C=O) groups excluding carboxylic acids is 1. The van der Waals surface area contributed by atoms with E-state index < -0.39 is 18.7 Å². The summed E-state index contributed by atoms with van der Waals surface area (Å²) in [5.74, 6) is -0.308. The number of fused-ring (bicyclic) bond motifs is 4. The number of carbonyl (C=O) groups is 2. The van der Waals surface area contributed by atoms with Gasteiger partial charge in [0.05, 0.1) is 29.3 Å². The van der Waals surface area contributed by atoms with Gasteiger partial charge in [0.2, 0.25) is 5.91 Å². The molecule has 0 radical (unpaired) electrons. The molecular weight excluding hydrogens is 348 g/mol. The molecular formula is C16H17F2N5O3. The summed E-state index contributed by atoms with van der Waals surface area (Å²) in [7, 11) is 0. The van der Waals surface area contributed by atoms with Gasteiger partial charge >= 0.3 is 12.6 Å². The topological polar surface area (TPSA) is 109 Å². The van der Waals surface area contributed by atoms with Gasteiger partial charge in [0.1, 0.15) is 0 Å². The first-order valence-electron chi connectivity index (χ1n) is 8.07. The maximum absolute atomic E-state index is 13.3. The number of anilines is 1. The molecule has 2 aromatic heterocycles. The number of hydrogen-bond donors (Lipinski definition) is 3. The molecule has 3 heterocycles. The van der Waals surface area contributed by atoms with Crippen LogP contribution in [0, 0.1) is 0 Å². The molecule has 0 saturated carbocycles. The molecule has 1 aliphatic rings. The van der Waals surface area contributed by atoms with E-state index >= 15 is 0 Å². The number of carboxylic acid groups (broad SMARTS) is 1. The number of rotatable bonds is 2. The molecule has 8 nitrogen and oxygen atoms in total. The number of alkyl halides is 2. The van der Waals surface area contributed by atoms with Crippen LogP contribution in [0.2, 0.25) is 0 Å². The van der Waals surface area contributed by atoms with E-state index in [1.54, 1.807) is 0 Å². The zero-order valence-corrected chi connectivity index (χ0v) is 13.7. The minimum absolute atomic E-state index is 0.0478. The third-order valence-electron chi connectivity index (χ3n) is 4.11. The summed E-state index contributed by atoms with van der Waals surface area (Å²) in [5, 5.41) is 17.7. The summed E-state index contributed by atoms with van der Waals surface area (Å²) < 4.78 is 27.2. The van der Waals surface area contributed by atoms with Crippen LogP contribution in [0.4, 0.5) is 19.3 Å². The smallest absolute Gasteiger partial charge is 0.405 e. The van der Waals surface area contributed by atoms with Gasteiger partial charge in [-0.1, -0.05) is 6.42 Å². The Morgan fingerprint density at radius 2 is 2.23 bits per heavy atom. The van der Waals surface area contributed by atoms with Crippen molar-refractivity contribution < 1.29 is 23.5 Å². The highest BCUT2D eigenvalue weighted by Crippen LogP contribution is 2.33. The first kappa shape index (κ1) is 17.8. The average molecular weight is 365 g/mol. The third-order valence-corrected chi connectivity index (χ3v) is 4.11. The predicted octanol–water partition coefficient (Wildman–Crippen LogP) is 3.16. The maximum atomic E-state index is 13.3. The van der Waals surface area contributed by atoms with Crippen LogP contribution in [0.1, 0.15) is 44.0 Å². The molecule has 2 aromatic rings. The van der Waals surface area contributed by atoms with Crippen LogP contribution in [0.5, 0.6) is 0 Å². The van der Waals surface area contributed by atoms with Crippen molar-refractivity contribution in [3.05, 3.63) is 30.2 Å². The van der Waals surface area contributed by atoms with Crippen molar-refractivity contribution in [3.8, 4) is 11.3 Å². The summed E-state index contributed by atoms with van der Waals surface area (Å²) in [4.78, 5) is 27.3. The monoisotopic (exact) mass is 365 g/mol. The molecule has 0 fully saturated rings. The number of aromatic nitrogens is 3. The minimum Gasteiger partial charge on any atom is -0.465 e. The van der Waals surface area contributed by atoms with Gasteiger partial charge in [0.15, 0.2) is 0 Å². The number of amides is 2. The fraction of sp³-hybridized carbons (Fsp3) is 0.375. The highest BCUT2D eigenvalue weighted by atomic mass is 19.3. The average Bonchev–Trinajstić information content (AvgIpc) is 3.00. The summed E-state index contributed by atoms with van der Waals surface area (Å²) in [5.41, 5.74) is 1.01. The van der Waals surface area contributed by atoms with Gasteiger partial charge in [0.25, 0.3) is 0 Å². The quantitative estimate of drug-likeness (QED) is 0.757. The molecule has 10 heteroatoms. The van der Waals surface area contributed by atoms with Crippen molar-refractivity contribution in [2.45, 2.75) is 38.3 Å². The van der Waals surface area contributed by atoms with E-state index in [0.29, 0.717) is 35.2 Å². The van der Waals surface area contributed by atoms with Gasteiger partial charge in [-0.25, -0.2) is 9.48 Å². The number of halogens is 2. The molecule has 2 amide bonds. The lowest BCUT2D eigenvalue weighted by molar-refractivity contribution is -0.116. The molecule has 3 N–H and O–H groups in total. The zero-order valence-electron chi connectivity index (χ0n) is 13.7. The summed E-state index contributed by atoms with van der Waals surface area (Å²) in [6.45, 7) is -2.90. The van der Waals surface area contributed by atoms with Crippen LogP contribution in [-0.4, -0.2) is 31.9 Å². The predicted molar refractivity (Wildman–Crippen MR) is 87.7 cm³/mol. The summed E-state index contributed by atoms with van der Waals surface area (Å²) >= 11 is 0. The molecule has 0 aromatic carbocycles. The molecule has 3 rings (SSSR count). The second-order valence-electron chi connectivity index (χ2n) is 5.89. The Morgan fingerprint density at radius 1 is 1.42 bits per heavy atom. The molecule has 138 valence electrons. The molecule has 26 heavy (non-hydrogen) atoms. The lowest BCUT2D eigenvalue weighted by Gasteiger charge is -2.18. The molecule has 0 aliphatic carbocycles. The van der Waals surface area contributed by atoms with E-state index in [1.165, 1.54) is 24.5 Å². The Morgan fingerprint density at radius 3 is 2.96 bits per heavy atom. The Hall–Kier alpha value is -3.04. The van der Waals surface area contributed by atoms with Crippen molar-refractivity contribution >= 4 is 17.7 Å². The molecule has 0 spiro atoms. The maximum Gasteiger partial charge on any atom is 0.405 e. The first-order valence-corrected chi connectivity index (χ1v) is 8.07. The third kappa shape index (κ3) is 3.79. The van der Waals surface area contributed by atoms with Gasteiger partial charge in [-0.15, -0.1) is 0 Å². The standard InChI is InChI=1S/C16H17F2N5O3/c17-15(18)23-14-9-5-6-19-11(7-9)10(22-16(25)26)3-1-2-4-13(24)21-12(14)8-20-23/h5-8,10,15,22H,1-4H2,(H,21,24)(H,25,26)/t10-/m0/s1. The molecule has 1 atom stereocenters. The number of nitrogens with one attached hydrogen (secondary N) is 2. The van der Waals surface area contributed by atoms with Gasteiger partial charge in [0, 0.05) is 18.2 Å². The Balaban J connectivity index is 2.11. The fourth-order valence-corrected chi connectivity index (χ4v) is 2.97. The molecule has 2 bridgehead atoms. The number of hydrogen-bond acceptors (Lipinski definition) is 4. The second kappa shape index (κ2) is 7.46. The van der Waals surface area contributed by atoms with Gasteiger partial charge < -0.3 is 15.7 Å². The van der Waals surface area contributed by atoms with Crippen LogP contribution < -0.4 is 10.6 Å². The van der Waals surface area contributed by atoms with E-state index in [9.17, 15) is 18.4 Å². The van der Waals surface area contributed by atoms with Crippen molar-refractivity contribution in [2.75, 3.05) is 5.32 Å². The van der Waals surface area contributed by atoms with Crippen LogP contribution in [-0.2, 0) is 4.79 Å². The normalized spacial score (nSPS) is 17.7. The van der Waals surface area contributed by atoms with E-state index in [1.807, 2.05) is 0 Å². The Labute approximate surface area is 147 Å². The minimum atomic E-state index is -2.90. The molecule has 0 saturated heterocycles. The molecule has 0 unspecified atom stereocenters. The van der Waals surface area contributed by atoms with Crippen LogP contribution >= 0.6 is 0 Å². The van der Waals surface area contributed by atoms with Crippen molar-refractivity contribution in [1.29, 1.82) is 0 Å². The van der Waals surface area contributed by atoms with Crippen LogP contribution in [0.3, 0.4) is 0 Å². The summed E-state index contributed by atoms with van der Waals surface area (Å²) in [6, 6.07) is 2.45. The number of nitrogens with zero attached hydrogens (tertiary/aromatic N) is 3. The highest BCUT2D eigenvalue weighted by molar-refractivity contribution is 5.94. The van der Waals surface area contributed by atoms with E-state index in [4.69, 9.17) is 5.11 Å². The van der Waals surface area contributed by atoms with Gasteiger partial charge in [-0.05, 0) is 25.0 Å². The SMILES string of the molecule is O=C(O)N[C@H]1CCCCC(=O)Nc2cnn(C(F)F)c2-c2ccnc1c2. The van der Waals surface area contributed by atoms with Crippen LogP contribution in [0.25, 0.3) is 11.3 Å². The van der Waals surface area contributed by atoms with E-state index in [2.05, 4.69) is 20.7 Å². The van der Waals surface area contributed by atoms with Crippen molar-refractivity contribution in [3.63, 3.8) is 0 Å². The first-order chi connectivity index (χ1) is 12.5. The lowest BCUT2D eigenvalue weighted by Crippen LogP contribution is -2.27. The molecule has 1 aliphatic heterocycles. The number of pyridine rings is 1. The van der Waals surface area contributed by atoms with Gasteiger partial charge in [-0.2, -0.15) is 13.9 Å². The zero-order chi connectivity index (χ0) is 18.7. The van der Waals surface area contributed by atoms with Crippen LogP contribution in [0.15, 0.2) is 24.5 Å². The fourth-order valence-electron chi connectivity index (χ4n) is 2.97. The van der Waals surface area contributed by atoms with Gasteiger partial charge in [-0.3, -0.25) is 9.78 Å². The summed E-state index contributed by atoms with van der Waals surface area (Å²) in [6.07, 6.45) is 3.16. The largest absolute Gasteiger partial charge is 0.465 e. The second-order valence-corrected chi connectivity index (χ2v) is 5.89. The highest BCUT2D eigenvalue weighted by Gasteiger charge is 2.23. The lowest BCUT2D eigenvalue weighted by atomic mass is 10.0. The Kier molecular flexibility index (Phi) is 5.10. The van der Waals surface area contributed by atoms with E-state index in [0.717, 1.165) is 0 Å². The van der Waals surface area contributed by atoms with E-state index in [-0.39, 0.29) is 23.7 Å². The van der Waals surface area contributed by atoms with Crippen molar-refractivity contribution in [1.82, 2.24) is 20.1 Å². The van der Waals surface area contributed by atoms with Crippen molar-refractivity contribution in [2.24, 2.45) is 0 Å².